The molecule has 11 nitrogen and oxygen atoms in total. The van der Waals surface area contributed by atoms with Gasteiger partial charge in [-0.1, -0.05) is 51.1 Å². The molecule has 1 rings (SSSR count). The third-order valence-electron chi connectivity index (χ3n) is 4.96. The number of hydrogen-bond acceptors (Lipinski definition) is 8. The molecule has 0 fully saturated rings. The van der Waals surface area contributed by atoms with E-state index in [0.29, 0.717) is 0 Å². The second kappa shape index (κ2) is 13.0. The zero-order valence-corrected chi connectivity index (χ0v) is 19.2. The number of ether oxygens (including phenoxy) is 3. The first-order valence-electron chi connectivity index (χ1n) is 10.2. The minimum Gasteiger partial charge on any atom is -0.480 e. The van der Waals surface area contributed by atoms with Crippen molar-refractivity contribution in [1.29, 1.82) is 0 Å². The molecule has 0 aliphatic heterocycles. The van der Waals surface area contributed by atoms with Crippen molar-refractivity contribution in [2.75, 3.05) is 14.2 Å². The number of carboxylic acids is 1. The Labute approximate surface area is 191 Å². The smallest absolute Gasteiger partial charge is 0.408 e. The van der Waals surface area contributed by atoms with Crippen molar-refractivity contribution in [2.24, 2.45) is 17.8 Å². The molecule has 0 radical (unpaired) electrons. The quantitative estimate of drug-likeness (QED) is 0.247. The van der Waals surface area contributed by atoms with E-state index in [0.717, 1.165) is 19.8 Å². The number of methoxy groups -OCH3 is 2. The average Bonchev–Trinajstić information content (AvgIpc) is 2.79. The van der Waals surface area contributed by atoms with Gasteiger partial charge in [-0.25, -0.2) is 9.59 Å². The lowest BCUT2D eigenvalue weighted by Gasteiger charge is -2.28. The van der Waals surface area contributed by atoms with Crippen molar-refractivity contribution in [3.8, 4) is 0 Å². The molecular formula is C22H30N2O9. The summed E-state index contributed by atoms with van der Waals surface area (Å²) in [6.45, 7) is 4.57. The molecule has 33 heavy (non-hydrogen) atoms. The van der Waals surface area contributed by atoms with Crippen LogP contribution in [0.1, 0.15) is 26.3 Å². The first-order valence-corrected chi connectivity index (χ1v) is 10.2. The van der Waals surface area contributed by atoms with Crippen LogP contribution in [-0.2, 0) is 40.0 Å². The van der Waals surface area contributed by atoms with Crippen molar-refractivity contribution < 1.29 is 43.3 Å². The van der Waals surface area contributed by atoms with Crippen molar-refractivity contribution in [3.63, 3.8) is 0 Å². The third kappa shape index (κ3) is 8.09. The zero-order chi connectivity index (χ0) is 25.1. The van der Waals surface area contributed by atoms with E-state index in [1.807, 2.05) is 6.07 Å². The van der Waals surface area contributed by atoms with Gasteiger partial charge in [0.25, 0.3) is 0 Å². The van der Waals surface area contributed by atoms with Crippen LogP contribution in [0.4, 0.5) is 4.79 Å². The van der Waals surface area contributed by atoms with E-state index < -0.39 is 59.7 Å². The molecule has 0 aliphatic rings. The summed E-state index contributed by atoms with van der Waals surface area (Å²) in [5.74, 6) is -7.55. The lowest BCUT2D eigenvalue weighted by molar-refractivity contribution is -0.163. The Kier molecular flexibility index (Phi) is 10.8. The Morgan fingerprint density at radius 3 is 1.88 bits per heavy atom. The van der Waals surface area contributed by atoms with Gasteiger partial charge in [-0.15, -0.1) is 0 Å². The van der Waals surface area contributed by atoms with Crippen LogP contribution in [-0.4, -0.2) is 61.3 Å². The molecule has 0 saturated carbocycles. The number of nitrogens with one attached hydrogen (secondary N) is 2. The number of alkyl carbamates (subject to hydrolysis) is 1. The van der Waals surface area contributed by atoms with Gasteiger partial charge in [0.1, 0.15) is 18.7 Å². The number of aliphatic carboxylic acids is 1. The molecule has 0 aliphatic carbocycles. The van der Waals surface area contributed by atoms with Crippen LogP contribution in [0.15, 0.2) is 30.3 Å². The summed E-state index contributed by atoms with van der Waals surface area (Å²) >= 11 is 0. The van der Waals surface area contributed by atoms with Gasteiger partial charge in [-0.2, -0.15) is 0 Å². The van der Waals surface area contributed by atoms with Crippen LogP contribution in [0.2, 0.25) is 0 Å². The molecule has 11 heteroatoms. The molecule has 0 aromatic heterocycles. The largest absolute Gasteiger partial charge is 0.480 e. The Morgan fingerprint density at radius 1 is 0.879 bits per heavy atom. The van der Waals surface area contributed by atoms with Crippen LogP contribution in [0.25, 0.3) is 0 Å². The monoisotopic (exact) mass is 466 g/mol. The highest BCUT2D eigenvalue weighted by atomic mass is 16.6. The van der Waals surface area contributed by atoms with E-state index in [1.165, 1.54) is 6.92 Å². The highest BCUT2D eigenvalue weighted by Gasteiger charge is 2.42. The molecule has 0 bridgehead atoms. The van der Waals surface area contributed by atoms with Gasteiger partial charge in [-0.05, 0) is 11.5 Å². The van der Waals surface area contributed by atoms with Crippen molar-refractivity contribution >= 4 is 29.9 Å². The zero-order valence-electron chi connectivity index (χ0n) is 19.2. The predicted molar refractivity (Wildman–Crippen MR) is 115 cm³/mol. The van der Waals surface area contributed by atoms with Crippen molar-refractivity contribution in [1.82, 2.24) is 10.6 Å². The number of hydrogen-bond donors (Lipinski definition) is 3. The van der Waals surface area contributed by atoms with E-state index in [9.17, 15) is 29.1 Å². The Balaban J connectivity index is 2.93. The van der Waals surface area contributed by atoms with E-state index in [1.54, 1.807) is 38.1 Å². The molecule has 2 amide bonds. The van der Waals surface area contributed by atoms with E-state index in [-0.39, 0.29) is 6.61 Å². The van der Waals surface area contributed by atoms with Gasteiger partial charge >= 0.3 is 24.0 Å². The second-order valence-corrected chi connectivity index (χ2v) is 7.64. The topological polar surface area (TPSA) is 157 Å². The lowest BCUT2D eigenvalue weighted by atomic mass is 9.87. The maximum absolute atomic E-state index is 12.8. The summed E-state index contributed by atoms with van der Waals surface area (Å²) < 4.78 is 14.3. The number of rotatable bonds is 11. The SMILES string of the molecule is COC(=O)C(C(=O)OC)[C@@H](C)[C@H](NC(=O)[C@@H](NC(=O)OCc1ccccc1)C(C)C)C(=O)O. The summed E-state index contributed by atoms with van der Waals surface area (Å²) in [7, 11) is 2.08. The molecule has 182 valence electrons. The van der Waals surface area contributed by atoms with Gasteiger partial charge in [0.05, 0.1) is 14.2 Å². The molecule has 3 atom stereocenters. The van der Waals surface area contributed by atoms with Crippen molar-refractivity contribution in [3.05, 3.63) is 35.9 Å². The summed E-state index contributed by atoms with van der Waals surface area (Å²) in [4.78, 5) is 61.0. The molecule has 0 spiro atoms. The highest BCUT2D eigenvalue weighted by Crippen LogP contribution is 2.20. The molecule has 0 heterocycles. The fraction of sp³-hybridized carbons (Fsp3) is 0.500. The Hall–Kier alpha value is -3.63. The maximum atomic E-state index is 12.8. The van der Waals surface area contributed by atoms with Gasteiger partial charge < -0.3 is 30.0 Å². The van der Waals surface area contributed by atoms with Crippen LogP contribution >= 0.6 is 0 Å². The summed E-state index contributed by atoms with van der Waals surface area (Å²) in [5, 5.41) is 14.3. The summed E-state index contributed by atoms with van der Waals surface area (Å²) in [5.41, 5.74) is 0.745. The first-order chi connectivity index (χ1) is 15.5. The van der Waals surface area contributed by atoms with Gasteiger partial charge in [0, 0.05) is 5.92 Å². The first kappa shape index (κ1) is 27.4. The summed E-state index contributed by atoms with van der Waals surface area (Å²) in [6, 6.07) is 6.11. The number of carbonyl (C=O) groups excluding carboxylic acids is 4. The minimum absolute atomic E-state index is 0.0200. The van der Waals surface area contributed by atoms with E-state index in [4.69, 9.17) is 4.74 Å². The number of amides is 2. The standard InChI is InChI=1S/C22H30N2O9/c1-12(2)16(24-22(30)33-11-14-9-7-6-8-10-14)18(25)23-17(19(26)27)13(3)15(20(28)31-4)21(29)32-5/h6-10,12-13,15-17H,11H2,1-5H3,(H,23,25)(H,24,30)(H,26,27)/t13-,16+,17+/m1/s1. The fourth-order valence-corrected chi connectivity index (χ4v) is 3.06. The molecule has 1 aromatic carbocycles. The molecule has 0 saturated heterocycles. The molecular weight excluding hydrogens is 436 g/mol. The van der Waals surface area contributed by atoms with Gasteiger partial charge in [0.2, 0.25) is 5.91 Å². The molecule has 3 N–H and O–H groups in total. The fourth-order valence-electron chi connectivity index (χ4n) is 3.06. The normalized spacial score (nSPS) is 13.4. The van der Waals surface area contributed by atoms with Crippen LogP contribution in [0, 0.1) is 17.8 Å². The van der Waals surface area contributed by atoms with Gasteiger partial charge in [0.15, 0.2) is 5.92 Å². The molecule has 1 aromatic rings. The molecule has 0 unspecified atom stereocenters. The minimum atomic E-state index is -1.65. The predicted octanol–water partition coefficient (Wildman–Crippen LogP) is 1.11. The summed E-state index contributed by atoms with van der Waals surface area (Å²) in [6.07, 6.45) is -0.866. The van der Waals surface area contributed by atoms with Crippen LogP contribution in [0.3, 0.4) is 0 Å². The number of carboxylic acid groups (broad SMARTS) is 1. The Bertz CT molecular complexity index is 826. The van der Waals surface area contributed by atoms with E-state index >= 15 is 0 Å². The second-order valence-electron chi connectivity index (χ2n) is 7.64. The maximum Gasteiger partial charge on any atom is 0.408 e. The van der Waals surface area contributed by atoms with Crippen LogP contribution in [0.5, 0.6) is 0 Å². The number of carbonyl (C=O) groups is 5. The lowest BCUT2D eigenvalue weighted by Crippen LogP contribution is -2.57. The van der Waals surface area contributed by atoms with E-state index in [2.05, 4.69) is 20.1 Å². The Morgan fingerprint density at radius 2 is 1.42 bits per heavy atom. The van der Waals surface area contributed by atoms with Crippen LogP contribution < -0.4 is 10.6 Å². The third-order valence-corrected chi connectivity index (χ3v) is 4.96. The number of benzene rings is 1. The highest BCUT2D eigenvalue weighted by molar-refractivity contribution is 5.96. The van der Waals surface area contributed by atoms with Gasteiger partial charge in [-0.3, -0.25) is 14.4 Å². The number of esters is 2. The average molecular weight is 466 g/mol. The van der Waals surface area contributed by atoms with Crippen molar-refractivity contribution in [2.45, 2.75) is 39.5 Å².